The minimum atomic E-state index is -1.49. The predicted octanol–water partition coefficient (Wildman–Crippen LogP) is 3.83. The third kappa shape index (κ3) is 2.30. The molecule has 4 aliphatic carbocycles. The van der Waals surface area contributed by atoms with Gasteiger partial charge >= 0.3 is 0 Å². The van der Waals surface area contributed by atoms with Crippen LogP contribution in [-0.4, -0.2) is 16.0 Å². The van der Waals surface area contributed by atoms with Crippen LogP contribution in [-0.2, 0) is 0 Å². The van der Waals surface area contributed by atoms with Crippen molar-refractivity contribution in [3.63, 3.8) is 0 Å². The van der Waals surface area contributed by atoms with Gasteiger partial charge in [-0.1, -0.05) is 18.6 Å². The summed E-state index contributed by atoms with van der Waals surface area (Å²) in [6.07, 6.45) is 10.6. The van der Waals surface area contributed by atoms with E-state index >= 15 is 0 Å². The molecule has 1 saturated carbocycles. The molecule has 0 aliphatic heterocycles. The SMILES string of the molecule is C[C@]12CC=C3C4=C(CCC3C1CC[C@H]2CC#N)CC(O)(O)CC4. The Morgan fingerprint density at radius 3 is 2.87 bits per heavy atom. The molecule has 23 heavy (non-hydrogen) atoms. The molecule has 0 aromatic heterocycles. The summed E-state index contributed by atoms with van der Waals surface area (Å²) in [5, 5.41) is 29.1. The number of hydrogen-bond donors (Lipinski definition) is 2. The highest BCUT2D eigenvalue weighted by Gasteiger charge is 2.52. The van der Waals surface area contributed by atoms with Crippen LogP contribution < -0.4 is 0 Å². The van der Waals surface area contributed by atoms with Crippen LogP contribution in [0.2, 0.25) is 0 Å². The van der Waals surface area contributed by atoms with Crippen LogP contribution in [0.15, 0.2) is 22.8 Å². The zero-order valence-electron chi connectivity index (χ0n) is 14.0. The molecule has 124 valence electrons. The van der Waals surface area contributed by atoms with E-state index in [9.17, 15) is 10.2 Å². The van der Waals surface area contributed by atoms with E-state index in [-0.39, 0.29) is 0 Å². The molecule has 0 saturated heterocycles. The lowest BCUT2D eigenvalue weighted by Gasteiger charge is -2.48. The Morgan fingerprint density at radius 2 is 2.09 bits per heavy atom. The summed E-state index contributed by atoms with van der Waals surface area (Å²) in [4.78, 5) is 0. The summed E-state index contributed by atoms with van der Waals surface area (Å²) in [6.45, 7) is 2.41. The zero-order chi connectivity index (χ0) is 16.2. The van der Waals surface area contributed by atoms with E-state index < -0.39 is 5.79 Å². The van der Waals surface area contributed by atoms with Crippen molar-refractivity contribution in [2.24, 2.45) is 23.2 Å². The molecule has 0 bridgehead atoms. The Morgan fingerprint density at radius 1 is 1.26 bits per heavy atom. The van der Waals surface area contributed by atoms with E-state index in [0.717, 1.165) is 25.7 Å². The molecule has 3 nitrogen and oxygen atoms in total. The second-order valence-corrected chi connectivity index (χ2v) is 8.50. The maximum atomic E-state index is 9.97. The fourth-order valence-corrected chi connectivity index (χ4v) is 6.13. The van der Waals surface area contributed by atoms with Gasteiger partial charge in [-0.25, -0.2) is 0 Å². The maximum Gasteiger partial charge on any atom is 0.166 e. The molecular weight excluding hydrogens is 286 g/mol. The Kier molecular flexibility index (Phi) is 3.48. The molecule has 2 N–H and O–H groups in total. The van der Waals surface area contributed by atoms with Crippen molar-refractivity contribution in [3.05, 3.63) is 22.8 Å². The molecule has 0 amide bonds. The summed E-state index contributed by atoms with van der Waals surface area (Å²) in [7, 11) is 0. The van der Waals surface area contributed by atoms with E-state index in [1.807, 2.05) is 0 Å². The van der Waals surface area contributed by atoms with Crippen molar-refractivity contribution in [3.8, 4) is 6.07 Å². The molecule has 4 aliphatic rings. The van der Waals surface area contributed by atoms with Crippen molar-refractivity contribution < 1.29 is 10.2 Å². The Labute approximate surface area is 138 Å². The number of rotatable bonds is 1. The Balaban J connectivity index is 1.67. The lowest BCUT2D eigenvalue weighted by atomic mass is 9.57. The van der Waals surface area contributed by atoms with Gasteiger partial charge in [0.25, 0.3) is 0 Å². The Bertz CT molecular complexity index is 624. The largest absolute Gasteiger partial charge is 0.365 e. The van der Waals surface area contributed by atoms with Crippen LogP contribution in [0.3, 0.4) is 0 Å². The van der Waals surface area contributed by atoms with Gasteiger partial charge in [0.2, 0.25) is 0 Å². The lowest BCUT2D eigenvalue weighted by Crippen LogP contribution is -2.40. The fourth-order valence-electron chi connectivity index (χ4n) is 6.13. The fraction of sp³-hybridized carbons (Fsp3) is 0.750. The Hall–Kier alpha value is -1.11. The van der Waals surface area contributed by atoms with Crippen LogP contribution in [0.4, 0.5) is 0 Å². The van der Waals surface area contributed by atoms with Crippen molar-refractivity contribution >= 4 is 0 Å². The van der Waals surface area contributed by atoms with Gasteiger partial charge in [0.15, 0.2) is 5.79 Å². The third-order valence-electron chi connectivity index (χ3n) is 7.39. The maximum absolute atomic E-state index is 9.97. The monoisotopic (exact) mass is 313 g/mol. The average Bonchev–Trinajstić information content (AvgIpc) is 2.83. The van der Waals surface area contributed by atoms with E-state index in [4.69, 9.17) is 5.26 Å². The zero-order valence-corrected chi connectivity index (χ0v) is 14.0. The minimum absolute atomic E-state index is 0.300. The summed E-state index contributed by atoms with van der Waals surface area (Å²) >= 11 is 0. The van der Waals surface area contributed by atoms with Crippen molar-refractivity contribution in [1.29, 1.82) is 5.26 Å². The van der Waals surface area contributed by atoms with Gasteiger partial charge in [-0.15, -0.1) is 0 Å². The quantitative estimate of drug-likeness (QED) is 0.723. The summed E-state index contributed by atoms with van der Waals surface area (Å²) < 4.78 is 0. The molecule has 0 heterocycles. The van der Waals surface area contributed by atoms with E-state index in [2.05, 4.69) is 19.1 Å². The molecule has 0 radical (unpaired) electrons. The lowest BCUT2D eigenvalue weighted by molar-refractivity contribution is -0.167. The van der Waals surface area contributed by atoms with Gasteiger partial charge in [-0.2, -0.15) is 5.26 Å². The number of nitrogens with zero attached hydrogens (tertiary/aromatic N) is 1. The van der Waals surface area contributed by atoms with Crippen LogP contribution in [0, 0.1) is 34.5 Å². The molecular formula is C20H27NO2. The molecule has 3 heteroatoms. The first-order chi connectivity index (χ1) is 10.9. The number of hydrogen-bond acceptors (Lipinski definition) is 3. The number of allylic oxidation sites excluding steroid dienone is 3. The highest BCUT2D eigenvalue weighted by atomic mass is 16.5. The first kappa shape index (κ1) is 15.4. The van der Waals surface area contributed by atoms with E-state index in [1.165, 1.54) is 29.6 Å². The predicted molar refractivity (Wildman–Crippen MR) is 88.0 cm³/mol. The second-order valence-electron chi connectivity index (χ2n) is 8.50. The number of nitriles is 1. The molecule has 0 aromatic rings. The van der Waals surface area contributed by atoms with Crippen LogP contribution in [0.1, 0.15) is 64.7 Å². The highest BCUT2D eigenvalue weighted by Crippen LogP contribution is 2.61. The van der Waals surface area contributed by atoms with Crippen LogP contribution in [0.5, 0.6) is 0 Å². The van der Waals surface area contributed by atoms with E-state index in [1.54, 1.807) is 0 Å². The molecule has 0 spiro atoms. The van der Waals surface area contributed by atoms with Gasteiger partial charge in [-0.3, -0.25) is 0 Å². The summed E-state index contributed by atoms with van der Waals surface area (Å²) in [5.74, 6) is 0.422. The normalized spacial score (nSPS) is 41.5. The molecule has 4 rings (SSSR count). The number of aliphatic hydroxyl groups is 2. The summed E-state index contributed by atoms with van der Waals surface area (Å²) in [5.41, 5.74) is 4.57. The van der Waals surface area contributed by atoms with Crippen molar-refractivity contribution in [2.45, 2.75) is 70.5 Å². The molecule has 0 aromatic carbocycles. The van der Waals surface area contributed by atoms with Gasteiger partial charge in [-0.05, 0) is 72.8 Å². The third-order valence-corrected chi connectivity index (χ3v) is 7.39. The van der Waals surface area contributed by atoms with Gasteiger partial charge < -0.3 is 10.2 Å². The topological polar surface area (TPSA) is 64.2 Å². The minimum Gasteiger partial charge on any atom is -0.365 e. The molecule has 2 unspecified atom stereocenters. The standard InChI is InChI=1S/C20H27NO2/c1-19-9-6-16-15-7-10-20(22,23)12-13(15)2-4-17(16)18(19)5-3-14(19)8-11-21/h6,14,17-18,22-23H,2-5,7-10,12H2,1H3/t14-,17?,18?,19+/m0/s1. The van der Waals surface area contributed by atoms with Crippen LogP contribution in [0.25, 0.3) is 0 Å². The first-order valence-corrected chi connectivity index (χ1v) is 9.17. The van der Waals surface area contributed by atoms with Crippen molar-refractivity contribution in [1.82, 2.24) is 0 Å². The van der Waals surface area contributed by atoms with Gasteiger partial charge in [0.05, 0.1) is 6.07 Å². The molecule has 4 atom stereocenters. The molecule has 1 fully saturated rings. The highest BCUT2D eigenvalue weighted by molar-refractivity contribution is 5.44. The smallest absolute Gasteiger partial charge is 0.166 e. The van der Waals surface area contributed by atoms with Crippen molar-refractivity contribution in [2.75, 3.05) is 0 Å². The average molecular weight is 313 g/mol. The number of fused-ring (bicyclic) bond motifs is 4. The van der Waals surface area contributed by atoms with Gasteiger partial charge in [0, 0.05) is 19.3 Å². The summed E-state index contributed by atoms with van der Waals surface area (Å²) in [6, 6.07) is 2.41. The first-order valence-electron chi connectivity index (χ1n) is 9.17. The van der Waals surface area contributed by atoms with Gasteiger partial charge in [0.1, 0.15) is 0 Å². The second kappa shape index (κ2) is 5.19. The van der Waals surface area contributed by atoms with Crippen LogP contribution >= 0.6 is 0 Å². The van der Waals surface area contributed by atoms with E-state index in [0.29, 0.717) is 42.4 Å².